The number of ether oxygens (including phenoxy) is 1. The third-order valence-corrected chi connectivity index (χ3v) is 0.906. The van der Waals surface area contributed by atoms with Crippen LogP contribution in [-0.2, 0) is 4.74 Å². The van der Waals surface area contributed by atoms with E-state index in [9.17, 15) is 0 Å². The highest BCUT2D eigenvalue weighted by Crippen LogP contribution is 2.00. The lowest BCUT2D eigenvalue weighted by Crippen LogP contribution is -2.06. The van der Waals surface area contributed by atoms with Crippen LogP contribution in [0.15, 0.2) is 0 Å². The number of aliphatic hydroxyl groups is 1. The molecule has 0 bridgehead atoms. The first-order valence-corrected chi connectivity index (χ1v) is 3.64. The molecule has 62 valence electrons. The van der Waals surface area contributed by atoms with Crippen LogP contribution in [0.25, 0.3) is 0 Å². The second-order valence-corrected chi connectivity index (χ2v) is 2.76. The normalized spacial score (nSPS) is 24.3. The van der Waals surface area contributed by atoms with Gasteiger partial charge in [-0.05, 0) is 12.5 Å². The first-order valence-electron chi connectivity index (χ1n) is 3.64. The van der Waals surface area contributed by atoms with Crippen LogP contribution in [0.4, 0.5) is 0 Å². The van der Waals surface area contributed by atoms with Gasteiger partial charge in [0.05, 0.1) is 12.7 Å². The number of rotatable bonds is 0. The van der Waals surface area contributed by atoms with Gasteiger partial charge in [-0.1, -0.05) is 13.8 Å². The fraction of sp³-hybridized carbons (Fsp3) is 1.00. The Balaban J connectivity index is 0.000000180. The Bertz CT molecular complexity index is 67.3. The van der Waals surface area contributed by atoms with Gasteiger partial charge in [-0.2, -0.15) is 0 Å². The molecule has 3 nitrogen and oxygen atoms in total. The Hall–Kier alpha value is -0.120. The van der Waals surface area contributed by atoms with Crippen molar-refractivity contribution < 1.29 is 9.84 Å². The summed E-state index contributed by atoms with van der Waals surface area (Å²) in [6.07, 6.45) is 0.644. The summed E-state index contributed by atoms with van der Waals surface area (Å²) in [4.78, 5) is 0. The molecule has 0 saturated carbocycles. The zero-order chi connectivity index (χ0) is 7.98. The van der Waals surface area contributed by atoms with Crippen LogP contribution in [0.1, 0.15) is 20.3 Å². The molecule has 0 aromatic carbocycles. The lowest BCUT2D eigenvalue weighted by Gasteiger charge is -1.89. The maximum atomic E-state index is 8.60. The van der Waals surface area contributed by atoms with Gasteiger partial charge in [0.2, 0.25) is 0 Å². The van der Waals surface area contributed by atoms with Crippen molar-refractivity contribution in [2.45, 2.75) is 32.4 Å². The van der Waals surface area contributed by atoms with Crippen molar-refractivity contribution in [3.8, 4) is 0 Å². The largest absolute Gasteiger partial charge is 0.391 e. The van der Waals surface area contributed by atoms with Gasteiger partial charge in [-0.25, -0.2) is 0 Å². The van der Waals surface area contributed by atoms with Crippen molar-refractivity contribution >= 4 is 0 Å². The minimum absolute atomic E-state index is 0.176. The van der Waals surface area contributed by atoms with E-state index >= 15 is 0 Å². The highest BCUT2D eigenvalue weighted by Gasteiger charge is 2.09. The zero-order valence-electron chi connectivity index (χ0n) is 6.71. The molecule has 0 aliphatic carbocycles. The van der Waals surface area contributed by atoms with Crippen LogP contribution in [0.3, 0.4) is 0 Å². The minimum atomic E-state index is -0.176. The zero-order valence-corrected chi connectivity index (χ0v) is 6.71. The molecule has 3 heteroatoms. The summed E-state index contributed by atoms with van der Waals surface area (Å²) in [5.41, 5.74) is 5.11. The Labute approximate surface area is 62.2 Å². The van der Waals surface area contributed by atoms with Gasteiger partial charge in [-0.3, -0.25) is 0 Å². The lowest BCUT2D eigenvalue weighted by molar-refractivity contribution is 0.127. The van der Waals surface area contributed by atoms with E-state index in [-0.39, 0.29) is 6.10 Å². The van der Waals surface area contributed by atoms with Crippen molar-refractivity contribution in [1.82, 2.24) is 0 Å². The van der Waals surface area contributed by atoms with Gasteiger partial charge in [-0.15, -0.1) is 0 Å². The molecule has 0 aromatic rings. The summed E-state index contributed by atoms with van der Waals surface area (Å²) in [7, 11) is 0. The fourth-order valence-corrected chi connectivity index (χ4v) is 0.522. The van der Waals surface area contributed by atoms with Gasteiger partial charge in [0.15, 0.2) is 0 Å². The van der Waals surface area contributed by atoms with Gasteiger partial charge in [0.25, 0.3) is 0 Å². The van der Waals surface area contributed by atoms with Gasteiger partial charge >= 0.3 is 0 Å². The fourth-order valence-electron chi connectivity index (χ4n) is 0.522. The molecule has 1 atom stereocenters. The highest BCUT2D eigenvalue weighted by atomic mass is 16.5. The monoisotopic (exact) mass is 147 g/mol. The summed E-state index contributed by atoms with van der Waals surface area (Å²) >= 11 is 0. The van der Waals surface area contributed by atoms with Crippen molar-refractivity contribution in [3.63, 3.8) is 0 Å². The Morgan fingerprint density at radius 2 is 2.10 bits per heavy atom. The molecular weight excluding hydrogens is 130 g/mol. The molecule has 10 heavy (non-hydrogen) atoms. The van der Waals surface area contributed by atoms with Crippen molar-refractivity contribution in [1.29, 1.82) is 0 Å². The van der Waals surface area contributed by atoms with E-state index in [1.54, 1.807) is 0 Å². The van der Waals surface area contributed by atoms with E-state index in [1.165, 1.54) is 0 Å². The molecule has 1 aliphatic rings. The molecular formula is C7H17NO2. The minimum Gasteiger partial charge on any atom is -0.391 e. The molecule has 1 aliphatic heterocycles. The Morgan fingerprint density at radius 1 is 1.60 bits per heavy atom. The molecule has 0 aromatic heterocycles. The second-order valence-electron chi connectivity index (χ2n) is 2.76. The SMILES string of the molecule is CC(C)N.OC1CCOC1. The molecule has 1 rings (SSSR count). The van der Waals surface area contributed by atoms with Crippen LogP contribution >= 0.6 is 0 Å². The van der Waals surface area contributed by atoms with Crippen LogP contribution in [0.2, 0.25) is 0 Å². The van der Waals surface area contributed by atoms with Gasteiger partial charge < -0.3 is 15.6 Å². The van der Waals surface area contributed by atoms with E-state index in [4.69, 9.17) is 15.6 Å². The molecule has 0 spiro atoms. The second kappa shape index (κ2) is 5.65. The number of nitrogens with two attached hydrogens (primary N) is 1. The van der Waals surface area contributed by atoms with E-state index < -0.39 is 0 Å². The Morgan fingerprint density at radius 3 is 2.20 bits per heavy atom. The average molecular weight is 147 g/mol. The maximum absolute atomic E-state index is 8.60. The average Bonchev–Trinajstić information content (AvgIpc) is 2.15. The van der Waals surface area contributed by atoms with E-state index in [0.717, 1.165) is 13.0 Å². The molecule has 0 amide bonds. The summed E-state index contributed by atoms with van der Waals surface area (Å²) in [5.74, 6) is 0. The number of hydrogen-bond acceptors (Lipinski definition) is 3. The topological polar surface area (TPSA) is 55.5 Å². The van der Waals surface area contributed by atoms with Crippen molar-refractivity contribution in [2.75, 3.05) is 13.2 Å². The summed E-state index contributed by atoms with van der Waals surface area (Å²) in [6, 6.07) is 0.333. The van der Waals surface area contributed by atoms with Gasteiger partial charge in [0.1, 0.15) is 0 Å². The molecule has 3 N–H and O–H groups in total. The first kappa shape index (κ1) is 9.88. The van der Waals surface area contributed by atoms with Crippen LogP contribution in [-0.4, -0.2) is 30.5 Å². The molecule has 1 saturated heterocycles. The van der Waals surface area contributed by atoms with Gasteiger partial charge in [0, 0.05) is 6.61 Å². The van der Waals surface area contributed by atoms with Crippen LogP contribution < -0.4 is 5.73 Å². The molecule has 1 unspecified atom stereocenters. The molecule has 1 fully saturated rings. The smallest absolute Gasteiger partial charge is 0.0795 e. The van der Waals surface area contributed by atoms with E-state index in [0.29, 0.717) is 12.6 Å². The number of aliphatic hydroxyl groups excluding tert-OH is 1. The van der Waals surface area contributed by atoms with Crippen LogP contribution in [0.5, 0.6) is 0 Å². The quantitative estimate of drug-likeness (QED) is 0.511. The summed E-state index contributed by atoms with van der Waals surface area (Å²) < 4.78 is 4.81. The lowest BCUT2D eigenvalue weighted by atomic mass is 10.3. The third-order valence-electron chi connectivity index (χ3n) is 0.906. The Kier molecular flexibility index (Phi) is 5.58. The maximum Gasteiger partial charge on any atom is 0.0795 e. The van der Waals surface area contributed by atoms with Crippen molar-refractivity contribution in [2.24, 2.45) is 5.73 Å². The predicted molar refractivity (Wildman–Crippen MR) is 40.8 cm³/mol. The number of hydrogen-bond donors (Lipinski definition) is 2. The summed E-state index contributed by atoms with van der Waals surface area (Å²) in [5, 5.41) is 8.60. The highest BCUT2D eigenvalue weighted by molar-refractivity contribution is 4.58. The van der Waals surface area contributed by atoms with Crippen molar-refractivity contribution in [3.05, 3.63) is 0 Å². The predicted octanol–water partition coefficient (Wildman–Crippen LogP) is 0.121. The van der Waals surface area contributed by atoms with E-state index in [1.807, 2.05) is 13.8 Å². The summed E-state index contributed by atoms with van der Waals surface area (Å²) in [6.45, 7) is 5.17. The molecule has 0 radical (unpaired) electrons. The van der Waals surface area contributed by atoms with E-state index in [2.05, 4.69) is 0 Å². The first-order chi connectivity index (χ1) is 4.63. The third kappa shape index (κ3) is 7.88. The van der Waals surface area contributed by atoms with Crippen LogP contribution in [0, 0.1) is 0 Å². The standard InChI is InChI=1S/C4H8O2.C3H9N/c5-4-1-2-6-3-4;1-3(2)4/h4-5H,1-3H2;3H,4H2,1-2H3. The molecule has 1 heterocycles.